The molecule has 1 amide bonds. The molecule has 140 valence electrons. The van der Waals surface area contributed by atoms with Gasteiger partial charge in [-0.1, -0.05) is 12.1 Å². The van der Waals surface area contributed by atoms with Crippen LogP contribution in [-0.4, -0.2) is 60.8 Å². The molecule has 25 heavy (non-hydrogen) atoms. The average molecular weight is 352 g/mol. The SMILES string of the molecule is COC(CN1CCN(C(=O)OC(C)(C)C)[C@H](C)C1)c1cccc(F)c1. The van der Waals surface area contributed by atoms with E-state index in [4.69, 9.17) is 9.47 Å². The van der Waals surface area contributed by atoms with Crippen LogP contribution in [0.2, 0.25) is 0 Å². The van der Waals surface area contributed by atoms with Crippen molar-refractivity contribution in [3.8, 4) is 0 Å². The molecule has 5 nitrogen and oxygen atoms in total. The van der Waals surface area contributed by atoms with E-state index < -0.39 is 5.60 Å². The minimum atomic E-state index is -0.494. The molecule has 0 aromatic heterocycles. The van der Waals surface area contributed by atoms with Crippen LogP contribution in [0.3, 0.4) is 0 Å². The van der Waals surface area contributed by atoms with Crippen LogP contribution in [0.15, 0.2) is 24.3 Å². The molecule has 2 rings (SSSR count). The molecule has 6 heteroatoms. The predicted molar refractivity (Wildman–Crippen MR) is 95.0 cm³/mol. The van der Waals surface area contributed by atoms with Gasteiger partial charge in [0.05, 0.1) is 6.10 Å². The van der Waals surface area contributed by atoms with E-state index in [9.17, 15) is 9.18 Å². The number of methoxy groups -OCH3 is 1. The number of benzene rings is 1. The molecule has 1 aromatic rings. The summed E-state index contributed by atoms with van der Waals surface area (Å²) in [6.07, 6.45) is -0.468. The molecule has 2 atom stereocenters. The van der Waals surface area contributed by atoms with Gasteiger partial charge in [-0.15, -0.1) is 0 Å². The molecule has 0 N–H and O–H groups in total. The molecule has 1 aromatic carbocycles. The number of nitrogens with zero attached hydrogens (tertiary/aromatic N) is 2. The largest absolute Gasteiger partial charge is 0.444 e. The van der Waals surface area contributed by atoms with Gasteiger partial charge in [0.15, 0.2) is 0 Å². The third-order valence-corrected chi connectivity index (χ3v) is 4.27. The van der Waals surface area contributed by atoms with Gasteiger partial charge in [-0.2, -0.15) is 0 Å². The molecule has 1 unspecified atom stereocenters. The summed E-state index contributed by atoms with van der Waals surface area (Å²) in [4.78, 5) is 16.3. The van der Waals surface area contributed by atoms with E-state index in [1.807, 2.05) is 33.8 Å². The fraction of sp³-hybridized carbons (Fsp3) is 0.632. The topological polar surface area (TPSA) is 42.0 Å². The van der Waals surface area contributed by atoms with E-state index in [1.165, 1.54) is 12.1 Å². The van der Waals surface area contributed by atoms with Crippen molar-refractivity contribution in [2.45, 2.75) is 45.4 Å². The third kappa shape index (κ3) is 5.68. The van der Waals surface area contributed by atoms with E-state index >= 15 is 0 Å². The first-order chi connectivity index (χ1) is 11.7. The van der Waals surface area contributed by atoms with Gasteiger partial charge in [-0.05, 0) is 45.4 Å². The minimum Gasteiger partial charge on any atom is -0.444 e. The highest BCUT2D eigenvalue weighted by Crippen LogP contribution is 2.22. The fourth-order valence-electron chi connectivity index (χ4n) is 3.05. The van der Waals surface area contributed by atoms with Crippen LogP contribution in [0.5, 0.6) is 0 Å². The average Bonchev–Trinajstić information content (AvgIpc) is 2.50. The highest BCUT2D eigenvalue weighted by Gasteiger charge is 2.31. The van der Waals surface area contributed by atoms with Crippen molar-refractivity contribution in [1.82, 2.24) is 9.80 Å². The Morgan fingerprint density at radius 3 is 2.64 bits per heavy atom. The Morgan fingerprint density at radius 1 is 1.36 bits per heavy atom. The second-order valence-corrected chi connectivity index (χ2v) is 7.56. The molecule has 0 saturated carbocycles. The Hall–Kier alpha value is -1.66. The van der Waals surface area contributed by atoms with Crippen LogP contribution in [0.1, 0.15) is 39.4 Å². The molecule has 0 spiro atoms. The molecule has 1 heterocycles. The molecule has 0 aliphatic carbocycles. The number of carbonyl (C=O) groups excluding carboxylic acids is 1. The van der Waals surface area contributed by atoms with Crippen LogP contribution >= 0.6 is 0 Å². The van der Waals surface area contributed by atoms with Crippen molar-refractivity contribution in [2.24, 2.45) is 0 Å². The molecule has 1 aliphatic heterocycles. The van der Waals surface area contributed by atoms with Gasteiger partial charge >= 0.3 is 6.09 Å². The minimum absolute atomic E-state index is 0.0496. The monoisotopic (exact) mass is 352 g/mol. The number of amides is 1. The van der Waals surface area contributed by atoms with Crippen molar-refractivity contribution in [2.75, 3.05) is 33.3 Å². The summed E-state index contributed by atoms with van der Waals surface area (Å²) >= 11 is 0. The number of halogens is 1. The first-order valence-electron chi connectivity index (χ1n) is 8.70. The number of hydrogen-bond acceptors (Lipinski definition) is 4. The Balaban J connectivity index is 1.94. The summed E-state index contributed by atoms with van der Waals surface area (Å²) < 4.78 is 24.5. The number of ether oxygens (including phenoxy) is 2. The van der Waals surface area contributed by atoms with Gasteiger partial charge in [0.25, 0.3) is 0 Å². The lowest BCUT2D eigenvalue weighted by Gasteiger charge is -2.41. The van der Waals surface area contributed by atoms with Crippen LogP contribution in [-0.2, 0) is 9.47 Å². The quantitative estimate of drug-likeness (QED) is 0.832. The fourth-order valence-corrected chi connectivity index (χ4v) is 3.05. The maximum absolute atomic E-state index is 13.5. The van der Waals surface area contributed by atoms with Gasteiger partial charge in [-0.25, -0.2) is 9.18 Å². The normalized spacial score (nSPS) is 20.4. The summed E-state index contributed by atoms with van der Waals surface area (Å²) in [6, 6.07) is 6.55. The van der Waals surface area contributed by atoms with Crippen LogP contribution in [0.4, 0.5) is 9.18 Å². The number of rotatable bonds is 4. The molecule has 0 radical (unpaired) electrons. The highest BCUT2D eigenvalue weighted by molar-refractivity contribution is 5.68. The van der Waals surface area contributed by atoms with Gasteiger partial charge in [-0.3, -0.25) is 4.90 Å². The summed E-state index contributed by atoms with van der Waals surface area (Å²) in [6.45, 7) is 10.4. The molecule has 0 bridgehead atoms. The zero-order chi connectivity index (χ0) is 18.6. The Kier molecular flexibility index (Phi) is 6.41. The van der Waals surface area contributed by atoms with E-state index in [-0.39, 0.29) is 24.1 Å². The second-order valence-electron chi connectivity index (χ2n) is 7.56. The summed E-state index contributed by atoms with van der Waals surface area (Å²) in [5.41, 5.74) is 0.330. The van der Waals surface area contributed by atoms with E-state index in [2.05, 4.69) is 4.90 Å². The van der Waals surface area contributed by atoms with Crippen molar-refractivity contribution in [3.63, 3.8) is 0 Å². The van der Waals surface area contributed by atoms with Crippen molar-refractivity contribution < 1.29 is 18.7 Å². The van der Waals surface area contributed by atoms with Gasteiger partial charge in [0, 0.05) is 39.3 Å². The lowest BCUT2D eigenvalue weighted by atomic mass is 10.1. The van der Waals surface area contributed by atoms with Gasteiger partial charge in [0.1, 0.15) is 11.4 Å². The molecule has 1 fully saturated rings. The van der Waals surface area contributed by atoms with Crippen LogP contribution in [0.25, 0.3) is 0 Å². The van der Waals surface area contributed by atoms with Crippen molar-refractivity contribution in [1.29, 1.82) is 0 Å². The molecular formula is C19H29FN2O3. The first-order valence-corrected chi connectivity index (χ1v) is 8.70. The Morgan fingerprint density at radius 2 is 2.08 bits per heavy atom. The number of hydrogen-bond donors (Lipinski definition) is 0. The number of carbonyl (C=O) groups is 1. The van der Waals surface area contributed by atoms with Crippen molar-refractivity contribution >= 4 is 6.09 Å². The first kappa shape index (κ1) is 19.7. The summed E-state index contributed by atoms with van der Waals surface area (Å²) in [5.74, 6) is -0.261. The van der Waals surface area contributed by atoms with E-state index in [0.717, 1.165) is 18.7 Å². The van der Waals surface area contributed by atoms with E-state index in [0.29, 0.717) is 13.1 Å². The maximum Gasteiger partial charge on any atom is 0.410 e. The zero-order valence-electron chi connectivity index (χ0n) is 15.8. The lowest BCUT2D eigenvalue weighted by Crippen LogP contribution is -2.55. The van der Waals surface area contributed by atoms with Crippen molar-refractivity contribution in [3.05, 3.63) is 35.6 Å². The lowest BCUT2D eigenvalue weighted by molar-refractivity contribution is -0.00828. The van der Waals surface area contributed by atoms with E-state index in [1.54, 1.807) is 18.1 Å². The predicted octanol–water partition coefficient (Wildman–Crippen LogP) is 3.45. The second kappa shape index (κ2) is 8.15. The molecular weight excluding hydrogens is 323 g/mol. The Bertz CT molecular complexity index is 588. The Labute approximate surface area is 149 Å². The van der Waals surface area contributed by atoms with Gasteiger partial charge in [0.2, 0.25) is 0 Å². The zero-order valence-corrected chi connectivity index (χ0v) is 15.8. The van der Waals surface area contributed by atoms with Crippen LogP contribution < -0.4 is 0 Å². The third-order valence-electron chi connectivity index (χ3n) is 4.27. The standard InChI is InChI=1S/C19H29FN2O3/c1-14-12-21(9-10-22(14)18(23)25-19(2,3)4)13-17(24-5)15-7-6-8-16(20)11-15/h6-8,11,14,17H,9-10,12-13H2,1-5H3/t14-,17?/m1/s1. The van der Waals surface area contributed by atoms with Crippen LogP contribution in [0, 0.1) is 5.82 Å². The smallest absolute Gasteiger partial charge is 0.410 e. The highest BCUT2D eigenvalue weighted by atomic mass is 19.1. The number of piperazine rings is 1. The summed E-state index contributed by atoms with van der Waals surface area (Å²) in [5, 5.41) is 0. The van der Waals surface area contributed by atoms with Gasteiger partial charge < -0.3 is 14.4 Å². The molecule has 1 saturated heterocycles. The maximum atomic E-state index is 13.5. The molecule has 1 aliphatic rings. The summed E-state index contributed by atoms with van der Waals surface area (Å²) in [7, 11) is 1.63.